The summed E-state index contributed by atoms with van der Waals surface area (Å²) in [6, 6.07) is 0. The second-order valence-corrected chi connectivity index (χ2v) is 3.76. The molecule has 2 rings (SSSR count). The number of aliphatic hydroxyl groups excluding tert-OH is 1. The Kier molecular flexibility index (Phi) is 2.35. The summed E-state index contributed by atoms with van der Waals surface area (Å²) >= 11 is 0. The number of hydrogen-bond acceptors (Lipinski definition) is 3. The van der Waals surface area contributed by atoms with Crippen molar-refractivity contribution in [1.29, 1.82) is 0 Å². The molecule has 3 heteroatoms. The number of fused-ring (bicyclic) bond motifs is 1. The van der Waals surface area contributed by atoms with Crippen molar-refractivity contribution in [3.63, 3.8) is 0 Å². The number of aliphatic hydroxyl groups is 1. The van der Waals surface area contributed by atoms with E-state index in [4.69, 9.17) is 9.47 Å². The first kappa shape index (κ1) is 8.48. The number of rotatable bonds is 1. The van der Waals surface area contributed by atoms with Crippen molar-refractivity contribution in [2.45, 2.75) is 32.2 Å². The van der Waals surface area contributed by atoms with Gasteiger partial charge in [-0.3, -0.25) is 0 Å². The van der Waals surface area contributed by atoms with Crippen molar-refractivity contribution >= 4 is 0 Å². The molecule has 70 valence electrons. The van der Waals surface area contributed by atoms with Gasteiger partial charge < -0.3 is 14.6 Å². The predicted octanol–water partition coefficient (Wildman–Crippen LogP) is 0.766. The first-order valence-corrected chi connectivity index (χ1v) is 4.70. The Bertz CT molecular complexity index is 158. The monoisotopic (exact) mass is 172 g/mol. The quantitative estimate of drug-likeness (QED) is 0.635. The van der Waals surface area contributed by atoms with Crippen molar-refractivity contribution in [3.05, 3.63) is 0 Å². The van der Waals surface area contributed by atoms with Crippen LogP contribution < -0.4 is 0 Å². The van der Waals surface area contributed by atoms with Crippen LogP contribution in [0.25, 0.3) is 0 Å². The van der Waals surface area contributed by atoms with Crippen LogP contribution >= 0.6 is 0 Å². The van der Waals surface area contributed by atoms with Crippen LogP contribution in [-0.2, 0) is 9.47 Å². The molecule has 1 unspecified atom stereocenters. The van der Waals surface area contributed by atoms with E-state index in [0.717, 1.165) is 26.1 Å². The Morgan fingerprint density at radius 2 is 1.92 bits per heavy atom. The topological polar surface area (TPSA) is 38.7 Å². The van der Waals surface area contributed by atoms with Crippen molar-refractivity contribution in [3.8, 4) is 0 Å². The minimum atomic E-state index is -0.219. The molecule has 0 spiro atoms. The van der Waals surface area contributed by atoms with E-state index in [-0.39, 0.29) is 12.4 Å². The lowest BCUT2D eigenvalue weighted by atomic mass is 9.83. The Balaban J connectivity index is 2.03. The molecule has 0 aromatic rings. The molecule has 1 N–H and O–H groups in total. The summed E-state index contributed by atoms with van der Waals surface area (Å²) < 4.78 is 10.9. The summed E-state index contributed by atoms with van der Waals surface area (Å²) in [5.41, 5.74) is 0. The van der Waals surface area contributed by atoms with Crippen molar-refractivity contribution in [1.82, 2.24) is 0 Å². The molecule has 2 saturated heterocycles. The molecule has 0 radical (unpaired) electrons. The predicted molar refractivity (Wildman–Crippen MR) is 43.6 cm³/mol. The maximum Gasteiger partial charge on any atom is 0.160 e. The summed E-state index contributed by atoms with van der Waals surface area (Å²) in [4.78, 5) is 0. The summed E-state index contributed by atoms with van der Waals surface area (Å²) in [5, 5.41) is 9.51. The van der Waals surface area contributed by atoms with E-state index in [0.29, 0.717) is 11.8 Å². The van der Waals surface area contributed by atoms with Gasteiger partial charge in [0.2, 0.25) is 0 Å². The normalized spacial score (nSPS) is 44.0. The van der Waals surface area contributed by atoms with Crippen LogP contribution in [0.2, 0.25) is 0 Å². The first-order chi connectivity index (χ1) is 5.79. The molecule has 0 aromatic carbocycles. The van der Waals surface area contributed by atoms with Gasteiger partial charge in [-0.15, -0.1) is 0 Å². The zero-order valence-corrected chi connectivity index (χ0v) is 7.40. The highest BCUT2D eigenvalue weighted by molar-refractivity contribution is 4.83. The lowest BCUT2D eigenvalue weighted by molar-refractivity contribution is -0.177. The Labute approximate surface area is 72.7 Å². The standard InChI is InChI=1S/C9H16O3/c1-6(10)7-2-4-11-9-8(7)3-5-12-9/h6-10H,2-5H2,1H3/t6-,7?,8+,9+/m1/s1. The molecule has 3 nitrogen and oxygen atoms in total. The molecule has 4 atom stereocenters. The first-order valence-electron chi connectivity index (χ1n) is 4.70. The summed E-state index contributed by atoms with van der Waals surface area (Å²) in [5.74, 6) is 0.810. The van der Waals surface area contributed by atoms with E-state index in [2.05, 4.69) is 0 Å². The molecule has 12 heavy (non-hydrogen) atoms. The molecule has 0 amide bonds. The molecule has 0 aromatic heterocycles. The van der Waals surface area contributed by atoms with E-state index < -0.39 is 0 Å². The highest BCUT2D eigenvalue weighted by atomic mass is 16.7. The molecular weight excluding hydrogens is 156 g/mol. The van der Waals surface area contributed by atoms with Gasteiger partial charge in [0, 0.05) is 5.92 Å². The van der Waals surface area contributed by atoms with E-state index in [1.807, 2.05) is 6.92 Å². The minimum Gasteiger partial charge on any atom is -0.393 e. The van der Waals surface area contributed by atoms with Crippen LogP contribution in [0.5, 0.6) is 0 Å². The van der Waals surface area contributed by atoms with Crippen LogP contribution in [0.15, 0.2) is 0 Å². The molecular formula is C9H16O3. The van der Waals surface area contributed by atoms with Gasteiger partial charge in [-0.05, 0) is 25.7 Å². The maximum absolute atomic E-state index is 9.51. The smallest absolute Gasteiger partial charge is 0.160 e. The van der Waals surface area contributed by atoms with Crippen LogP contribution in [0.4, 0.5) is 0 Å². The fourth-order valence-electron chi connectivity index (χ4n) is 2.30. The van der Waals surface area contributed by atoms with Crippen LogP contribution in [0, 0.1) is 11.8 Å². The Morgan fingerprint density at radius 3 is 2.58 bits per heavy atom. The van der Waals surface area contributed by atoms with Gasteiger partial charge in [0.15, 0.2) is 6.29 Å². The van der Waals surface area contributed by atoms with Gasteiger partial charge in [-0.2, -0.15) is 0 Å². The fourth-order valence-corrected chi connectivity index (χ4v) is 2.30. The lowest BCUT2D eigenvalue weighted by Crippen LogP contribution is -2.38. The highest BCUT2D eigenvalue weighted by Gasteiger charge is 2.40. The summed E-state index contributed by atoms with van der Waals surface area (Å²) in [7, 11) is 0. The third kappa shape index (κ3) is 1.37. The van der Waals surface area contributed by atoms with Crippen molar-refractivity contribution in [2.24, 2.45) is 11.8 Å². The van der Waals surface area contributed by atoms with Crippen LogP contribution in [-0.4, -0.2) is 30.7 Å². The molecule has 2 fully saturated rings. The molecule has 2 heterocycles. The zero-order chi connectivity index (χ0) is 8.55. The van der Waals surface area contributed by atoms with E-state index in [1.54, 1.807) is 0 Å². The largest absolute Gasteiger partial charge is 0.393 e. The van der Waals surface area contributed by atoms with E-state index in [1.165, 1.54) is 0 Å². The lowest BCUT2D eigenvalue weighted by Gasteiger charge is -2.34. The minimum absolute atomic E-state index is 0.0293. The molecule has 0 saturated carbocycles. The third-order valence-corrected chi connectivity index (χ3v) is 2.99. The van der Waals surface area contributed by atoms with Gasteiger partial charge in [-0.1, -0.05) is 0 Å². The van der Waals surface area contributed by atoms with E-state index >= 15 is 0 Å². The number of hydrogen-bond donors (Lipinski definition) is 1. The number of ether oxygens (including phenoxy) is 2. The molecule has 2 aliphatic rings. The van der Waals surface area contributed by atoms with Gasteiger partial charge in [0.25, 0.3) is 0 Å². The SMILES string of the molecule is C[C@@H](O)C1CCO[C@H]2OCC[C@@H]12. The Hall–Kier alpha value is -0.120. The zero-order valence-electron chi connectivity index (χ0n) is 7.40. The van der Waals surface area contributed by atoms with Crippen molar-refractivity contribution in [2.75, 3.05) is 13.2 Å². The Morgan fingerprint density at radius 1 is 1.25 bits per heavy atom. The summed E-state index contributed by atoms with van der Waals surface area (Å²) in [6.07, 6.45) is 1.77. The second kappa shape index (κ2) is 3.32. The fraction of sp³-hybridized carbons (Fsp3) is 1.00. The summed E-state index contributed by atoms with van der Waals surface area (Å²) in [6.45, 7) is 3.39. The third-order valence-electron chi connectivity index (χ3n) is 2.99. The van der Waals surface area contributed by atoms with Gasteiger partial charge >= 0.3 is 0 Å². The molecule has 0 aliphatic carbocycles. The van der Waals surface area contributed by atoms with Crippen LogP contribution in [0.1, 0.15) is 19.8 Å². The van der Waals surface area contributed by atoms with Crippen molar-refractivity contribution < 1.29 is 14.6 Å². The highest BCUT2D eigenvalue weighted by Crippen LogP contribution is 2.36. The van der Waals surface area contributed by atoms with Crippen LogP contribution in [0.3, 0.4) is 0 Å². The molecule has 2 aliphatic heterocycles. The van der Waals surface area contributed by atoms with E-state index in [9.17, 15) is 5.11 Å². The van der Waals surface area contributed by atoms with Gasteiger partial charge in [0.1, 0.15) is 0 Å². The average Bonchev–Trinajstić information content (AvgIpc) is 2.49. The maximum atomic E-state index is 9.51. The average molecular weight is 172 g/mol. The van der Waals surface area contributed by atoms with Gasteiger partial charge in [-0.25, -0.2) is 0 Å². The van der Waals surface area contributed by atoms with Gasteiger partial charge in [0.05, 0.1) is 19.3 Å². The second-order valence-electron chi connectivity index (χ2n) is 3.76. The molecule has 0 bridgehead atoms.